The molecule has 2 nitrogen and oxygen atoms in total. The van der Waals surface area contributed by atoms with Gasteiger partial charge in [0.1, 0.15) is 0 Å². The molecule has 1 aromatic rings. The molecule has 0 bridgehead atoms. The van der Waals surface area contributed by atoms with Crippen molar-refractivity contribution in [2.75, 3.05) is 11.4 Å². The maximum Gasteiger partial charge on any atom is 0.0991 e. The van der Waals surface area contributed by atoms with Gasteiger partial charge in [0.15, 0.2) is 0 Å². The van der Waals surface area contributed by atoms with Crippen LogP contribution in [0.25, 0.3) is 0 Å². The fraction of sp³-hybridized carbons (Fsp3) is 0.417. The van der Waals surface area contributed by atoms with Gasteiger partial charge in [-0.05, 0) is 44.0 Å². The maximum atomic E-state index is 8.68. The molecule has 72 valence electrons. The van der Waals surface area contributed by atoms with E-state index in [4.69, 9.17) is 5.26 Å². The van der Waals surface area contributed by atoms with Gasteiger partial charge in [-0.2, -0.15) is 5.26 Å². The summed E-state index contributed by atoms with van der Waals surface area (Å²) in [5.41, 5.74) is 1.98. The molecule has 1 aliphatic rings. The van der Waals surface area contributed by atoms with Crippen LogP contribution in [0, 0.1) is 11.3 Å². The predicted octanol–water partition coefficient (Wildman–Crippen LogP) is 2.55. The smallest absolute Gasteiger partial charge is 0.0991 e. The minimum Gasteiger partial charge on any atom is -0.369 e. The summed E-state index contributed by atoms with van der Waals surface area (Å²) in [5.74, 6) is 0. The van der Waals surface area contributed by atoms with Gasteiger partial charge in [0.2, 0.25) is 0 Å². The largest absolute Gasteiger partial charge is 0.369 e. The van der Waals surface area contributed by atoms with Gasteiger partial charge in [0.05, 0.1) is 11.6 Å². The fourth-order valence-corrected chi connectivity index (χ4v) is 1.77. The molecule has 0 radical (unpaired) electrons. The zero-order chi connectivity index (χ0) is 9.97. The van der Waals surface area contributed by atoms with E-state index in [1.165, 1.54) is 18.5 Å². The summed E-state index contributed by atoms with van der Waals surface area (Å²) in [4.78, 5) is 2.40. The minimum absolute atomic E-state index is 0.737. The standard InChI is InChI=1S/C12H14N2/c1-2-14(12-7-8-12)11-5-3-10(9-13)4-6-11/h3-6,12H,2,7-8H2,1H3. The number of rotatable bonds is 3. The Balaban J connectivity index is 2.18. The Hall–Kier alpha value is -1.49. The van der Waals surface area contributed by atoms with E-state index in [1.807, 2.05) is 24.3 Å². The first-order valence-corrected chi connectivity index (χ1v) is 5.12. The SMILES string of the molecule is CCN(c1ccc(C#N)cc1)C1CC1. The molecule has 0 spiro atoms. The first kappa shape index (κ1) is 9.08. The van der Waals surface area contributed by atoms with Crippen molar-refractivity contribution in [3.63, 3.8) is 0 Å². The van der Waals surface area contributed by atoms with Gasteiger partial charge in [-0.25, -0.2) is 0 Å². The summed E-state index contributed by atoms with van der Waals surface area (Å²) < 4.78 is 0. The molecule has 0 atom stereocenters. The summed E-state index contributed by atoms with van der Waals surface area (Å²) >= 11 is 0. The first-order valence-electron chi connectivity index (χ1n) is 5.12. The number of hydrogen-bond donors (Lipinski definition) is 0. The maximum absolute atomic E-state index is 8.68. The topological polar surface area (TPSA) is 27.0 Å². The van der Waals surface area contributed by atoms with Crippen LogP contribution >= 0.6 is 0 Å². The second-order valence-electron chi connectivity index (χ2n) is 3.68. The van der Waals surface area contributed by atoms with Crippen LogP contribution in [-0.4, -0.2) is 12.6 Å². The van der Waals surface area contributed by atoms with Gasteiger partial charge < -0.3 is 4.90 Å². The molecule has 0 amide bonds. The highest BCUT2D eigenvalue weighted by atomic mass is 15.2. The molecule has 1 saturated carbocycles. The van der Waals surface area contributed by atoms with Crippen molar-refractivity contribution in [2.24, 2.45) is 0 Å². The van der Waals surface area contributed by atoms with E-state index >= 15 is 0 Å². The lowest BCUT2D eigenvalue weighted by molar-refractivity contribution is 0.826. The Morgan fingerprint density at radius 3 is 2.43 bits per heavy atom. The normalized spacial score (nSPS) is 14.9. The van der Waals surface area contributed by atoms with Crippen molar-refractivity contribution in [3.8, 4) is 6.07 Å². The molecule has 1 aliphatic carbocycles. The first-order chi connectivity index (χ1) is 6.85. The molecule has 0 heterocycles. The highest BCUT2D eigenvalue weighted by Gasteiger charge is 2.27. The molecule has 1 fully saturated rings. The molecule has 0 N–H and O–H groups in total. The van der Waals surface area contributed by atoms with E-state index in [9.17, 15) is 0 Å². The third-order valence-electron chi connectivity index (χ3n) is 2.66. The molecule has 0 unspecified atom stereocenters. The number of nitrogens with zero attached hydrogens (tertiary/aromatic N) is 2. The van der Waals surface area contributed by atoms with Crippen molar-refractivity contribution < 1.29 is 0 Å². The van der Waals surface area contributed by atoms with Crippen LogP contribution in [0.15, 0.2) is 24.3 Å². The van der Waals surface area contributed by atoms with Crippen molar-refractivity contribution in [1.82, 2.24) is 0 Å². The van der Waals surface area contributed by atoms with Crippen LogP contribution in [0.4, 0.5) is 5.69 Å². The van der Waals surface area contributed by atoms with Gasteiger partial charge in [-0.15, -0.1) is 0 Å². The molecule has 14 heavy (non-hydrogen) atoms. The van der Waals surface area contributed by atoms with Gasteiger partial charge in [0, 0.05) is 18.3 Å². The predicted molar refractivity (Wildman–Crippen MR) is 57.2 cm³/mol. The van der Waals surface area contributed by atoms with Crippen LogP contribution in [0.5, 0.6) is 0 Å². The zero-order valence-corrected chi connectivity index (χ0v) is 8.40. The van der Waals surface area contributed by atoms with E-state index in [0.717, 1.165) is 18.2 Å². The summed E-state index contributed by atoms with van der Waals surface area (Å²) in [5, 5.41) is 8.68. The summed E-state index contributed by atoms with van der Waals surface area (Å²) in [6, 6.07) is 10.7. The van der Waals surface area contributed by atoms with E-state index in [-0.39, 0.29) is 0 Å². The van der Waals surface area contributed by atoms with Crippen LogP contribution < -0.4 is 4.90 Å². The van der Waals surface area contributed by atoms with Gasteiger partial charge in [0.25, 0.3) is 0 Å². The zero-order valence-electron chi connectivity index (χ0n) is 8.40. The summed E-state index contributed by atoms with van der Waals surface area (Å²) in [7, 11) is 0. The highest BCUT2D eigenvalue weighted by Crippen LogP contribution is 2.31. The van der Waals surface area contributed by atoms with Crippen LogP contribution in [0.2, 0.25) is 0 Å². The Morgan fingerprint density at radius 1 is 1.36 bits per heavy atom. The van der Waals surface area contributed by atoms with E-state index in [0.29, 0.717) is 0 Å². The molecule has 2 heteroatoms. The molecule has 2 rings (SSSR count). The fourth-order valence-electron chi connectivity index (χ4n) is 1.77. The van der Waals surface area contributed by atoms with Gasteiger partial charge in [-0.1, -0.05) is 0 Å². The second kappa shape index (κ2) is 3.71. The summed E-state index contributed by atoms with van der Waals surface area (Å²) in [6.07, 6.45) is 2.63. The quantitative estimate of drug-likeness (QED) is 0.725. The second-order valence-corrected chi connectivity index (χ2v) is 3.68. The van der Waals surface area contributed by atoms with Crippen molar-refractivity contribution in [1.29, 1.82) is 5.26 Å². The highest BCUT2D eigenvalue weighted by molar-refractivity contribution is 5.51. The van der Waals surface area contributed by atoms with E-state index in [1.54, 1.807) is 0 Å². The van der Waals surface area contributed by atoms with Gasteiger partial charge in [-0.3, -0.25) is 0 Å². The van der Waals surface area contributed by atoms with Crippen LogP contribution in [0.3, 0.4) is 0 Å². The molecular formula is C12H14N2. The van der Waals surface area contributed by atoms with Crippen molar-refractivity contribution in [3.05, 3.63) is 29.8 Å². The molecule has 1 aromatic carbocycles. The lowest BCUT2D eigenvalue weighted by Crippen LogP contribution is -2.24. The monoisotopic (exact) mass is 186 g/mol. The number of benzene rings is 1. The lowest BCUT2D eigenvalue weighted by atomic mass is 10.2. The van der Waals surface area contributed by atoms with E-state index < -0.39 is 0 Å². The average Bonchev–Trinajstić information content (AvgIpc) is 3.04. The average molecular weight is 186 g/mol. The number of anilines is 1. The summed E-state index contributed by atoms with van der Waals surface area (Å²) in [6.45, 7) is 3.23. The molecular weight excluding hydrogens is 172 g/mol. The molecule has 0 aliphatic heterocycles. The Labute approximate surface area is 84.8 Å². The van der Waals surface area contributed by atoms with Gasteiger partial charge >= 0.3 is 0 Å². The van der Waals surface area contributed by atoms with Crippen molar-refractivity contribution in [2.45, 2.75) is 25.8 Å². The van der Waals surface area contributed by atoms with E-state index in [2.05, 4.69) is 17.9 Å². The minimum atomic E-state index is 0.737. The van der Waals surface area contributed by atoms with Crippen LogP contribution in [-0.2, 0) is 0 Å². The lowest BCUT2D eigenvalue weighted by Gasteiger charge is -2.22. The third-order valence-corrected chi connectivity index (χ3v) is 2.66. The van der Waals surface area contributed by atoms with Crippen molar-refractivity contribution >= 4 is 5.69 Å². The Morgan fingerprint density at radius 2 is 2.00 bits per heavy atom. The van der Waals surface area contributed by atoms with Crippen LogP contribution in [0.1, 0.15) is 25.3 Å². The Bertz CT molecular complexity index is 344. The molecule has 0 saturated heterocycles. The number of hydrogen-bond acceptors (Lipinski definition) is 2. The third kappa shape index (κ3) is 1.72. The number of nitriles is 1. The Kier molecular flexibility index (Phi) is 2.41. The molecule has 0 aromatic heterocycles.